The molecular weight excluding hydrogens is 244 g/mol. The zero-order valence-electron chi connectivity index (χ0n) is 11.0. The first-order valence-corrected chi connectivity index (χ1v) is 6.14. The molecule has 102 valence electrons. The van der Waals surface area contributed by atoms with Gasteiger partial charge in [-0.1, -0.05) is 6.08 Å². The van der Waals surface area contributed by atoms with Crippen molar-refractivity contribution < 1.29 is 14.3 Å². The van der Waals surface area contributed by atoms with Crippen molar-refractivity contribution in [3.05, 3.63) is 42.7 Å². The molecule has 0 atom stereocenters. The van der Waals surface area contributed by atoms with Gasteiger partial charge in [0.1, 0.15) is 0 Å². The van der Waals surface area contributed by atoms with Crippen LogP contribution in [0.5, 0.6) is 0 Å². The van der Waals surface area contributed by atoms with Gasteiger partial charge in [-0.25, -0.2) is 0 Å². The first-order chi connectivity index (χ1) is 9.19. The minimum atomic E-state index is -0.310. The lowest BCUT2D eigenvalue weighted by atomic mass is 10.2. The van der Waals surface area contributed by atoms with Gasteiger partial charge in [0.25, 0.3) is 5.91 Å². The van der Waals surface area contributed by atoms with Crippen molar-refractivity contribution in [2.24, 2.45) is 0 Å². The number of amides is 1. The van der Waals surface area contributed by atoms with E-state index in [1.165, 1.54) is 6.20 Å². The number of aromatic nitrogens is 1. The molecule has 0 spiro atoms. The molecule has 0 unspecified atom stereocenters. The van der Waals surface area contributed by atoms with Crippen LogP contribution in [0.15, 0.2) is 37.2 Å². The van der Waals surface area contributed by atoms with E-state index in [9.17, 15) is 9.59 Å². The third-order valence-electron chi connectivity index (χ3n) is 2.44. The molecule has 1 aromatic rings. The molecule has 1 rings (SSSR count). The summed E-state index contributed by atoms with van der Waals surface area (Å²) < 4.78 is 4.84. The fourth-order valence-electron chi connectivity index (χ4n) is 1.56. The molecular formula is C14H18N2O3. The van der Waals surface area contributed by atoms with Crippen LogP contribution >= 0.6 is 0 Å². The van der Waals surface area contributed by atoms with Gasteiger partial charge in [0.2, 0.25) is 0 Å². The molecule has 1 aromatic heterocycles. The van der Waals surface area contributed by atoms with E-state index in [-0.39, 0.29) is 18.3 Å². The molecule has 1 amide bonds. The number of nitrogens with zero attached hydrogens (tertiary/aromatic N) is 2. The standard InChI is InChI=1S/C14H18N2O3/c1-3-9-16(10-7-13(17)19-4-2)14(18)12-6-5-8-15-11-12/h3,5-6,8,11H,1,4,7,9-10H2,2H3. The average molecular weight is 262 g/mol. The third kappa shape index (κ3) is 4.91. The molecule has 0 aliphatic heterocycles. The Kier molecular flexibility index (Phi) is 6.29. The first kappa shape index (κ1) is 14.9. The van der Waals surface area contributed by atoms with Crippen LogP contribution in [0, 0.1) is 0 Å². The zero-order valence-corrected chi connectivity index (χ0v) is 11.0. The number of hydrogen-bond donors (Lipinski definition) is 0. The summed E-state index contributed by atoms with van der Waals surface area (Å²) in [6, 6.07) is 3.39. The Morgan fingerprint density at radius 3 is 2.89 bits per heavy atom. The monoisotopic (exact) mass is 262 g/mol. The molecule has 0 bridgehead atoms. The summed E-state index contributed by atoms with van der Waals surface area (Å²) in [5.74, 6) is -0.479. The molecule has 1 heterocycles. The highest BCUT2D eigenvalue weighted by molar-refractivity contribution is 5.94. The van der Waals surface area contributed by atoms with E-state index in [1.807, 2.05) is 0 Å². The Balaban J connectivity index is 2.64. The summed E-state index contributed by atoms with van der Waals surface area (Å²) >= 11 is 0. The zero-order chi connectivity index (χ0) is 14.1. The predicted octanol–water partition coefficient (Wildman–Crippen LogP) is 1.66. The number of ether oxygens (including phenoxy) is 1. The second-order valence-corrected chi connectivity index (χ2v) is 3.84. The number of carbonyl (C=O) groups excluding carboxylic acids is 2. The number of carbonyl (C=O) groups is 2. The molecule has 19 heavy (non-hydrogen) atoms. The fourth-order valence-corrected chi connectivity index (χ4v) is 1.56. The summed E-state index contributed by atoms with van der Waals surface area (Å²) in [6.45, 7) is 6.39. The van der Waals surface area contributed by atoms with Crippen molar-refractivity contribution in [1.82, 2.24) is 9.88 Å². The molecule has 0 aliphatic rings. The Hall–Kier alpha value is -2.17. The SMILES string of the molecule is C=CCN(CCC(=O)OCC)C(=O)c1cccnc1. The normalized spacial score (nSPS) is 9.74. The maximum atomic E-state index is 12.2. The van der Waals surface area contributed by atoms with Crippen LogP contribution in [-0.2, 0) is 9.53 Å². The van der Waals surface area contributed by atoms with Crippen molar-refractivity contribution in [1.29, 1.82) is 0 Å². The summed E-state index contributed by atoms with van der Waals surface area (Å²) in [5.41, 5.74) is 0.494. The molecule has 0 fully saturated rings. The van der Waals surface area contributed by atoms with Crippen molar-refractivity contribution in [3.63, 3.8) is 0 Å². The molecule has 0 saturated carbocycles. The van der Waals surface area contributed by atoms with Gasteiger partial charge in [0.05, 0.1) is 18.6 Å². The topological polar surface area (TPSA) is 59.5 Å². The number of pyridine rings is 1. The molecule has 5 nitrogen and oxygen atoms in total. The second-order valence-electron chi connectivity index (χ2n) is 3.84. The van der Waals surface area contributed by atoms with E-state index in [4.69, 9.17) is 4.74 Å². The largest absolute Gasteiger partial charge is 0.466 e. The summed E-state index contributed by atoms with van der Waals surface area (Å²) in [7, 11) is 0. The summed E-state index contributed by atoms with van der Waals surface area (Å²) in [5, 5.41) is 0. The lowest BCUT2D eigenvalue weighted by molar-refractivity contribution is -0.143. The molecule has 0 aromatic carbocycles. The minimum Gasteiger partial charge on any atom is -0.466 e. The lowest BCUT2D eigenvalue weighted by Gasteiger charge is -2.20. The van der Waals surface area contributed by atoms with Crippen molar-refractivity contribution >= 4 is 11.9 Å². The quantitative estimate of drug-likeness (QED) is 0.554. The molecule has 0 saturated heterocycles. The van der Waals surface area contributed by atoms with E-state index in [2.05, 4.69) is 11.6 Å². The molecule has 0 N–H and O–H groups in total. The number of esters is 1. The van der Waals surface area contributed by atoms with Gasteiger partial charge < -0.3 is 9.64 Å². The van der Waals surface area contributed by atoms with Crippen LogP contribution in [0.1, 0.15) is 23.7 Å². The first-order valence-electron chi connectivity index (χ1n) is 6.14. The highest BCUT2D eigenvalue weighted by Crippen LogP contribution is 2.04. The highest BCUT2D eigenvalue weighted by Gasteiger charge is 2.16. The maximum Gasteiger partial charge on any atom is 0.307 e. The van der Waals surface area contributed by atoms with E-state index in [1.54, 1.807) is 36.2 Å². The number of rotatable bonds is 7. The van der Waals surface area contributed by atoms with Crippen molar-refractivity contribution in [2.75, 3.05) is 19.7 Å². The van der Waals surface area contributed by atoms with Crippen LogP contribution < -0.4 is 0 Å². The van der Waals surface area contributed by atoms with E-state index in [0.717, 1.165) is 0 Å². The maximum absolute atomic E-state index is 12.2. The van der Waals surface area contributed by atoms with Crippen LogP contribution in [-0.4, -0.2) is 41.5 Å². The van der Waals surface area contributed by atoms with Crippen LogP contribution in [0.3, 0.4) is 0 Å². The van der Waals surface area contributed by atoms with E-state index in [0.29, 0.717) is 25.3 Å². The third-order valence-corrected chi connectivity index (χ3v) is 2.44. The van der Waals surface area contributed by atoms with Gasteiger partial charge in [-0.2, -0.15) is 0 Å². The van der Waals surface area contributed by atoms with E-state index >= 15 is 0 Å². The Bertz CT molecular complexity index is 432. The number of hydrogen-bond acceptors (Lipinski definition) is 4. The van der Waals surface area contributed by atoms with Gasteiger partial charge in [-0.3, -0.25) is 14.6 Å². The minimum absolute atomic E-state index is 0.169. The molecule has 0 radical (unpaired) electrons. The van der Waals surface area contributed by atoms with E-state index < -0.39 is 0 Å². The molecule has 5 heteroatoms. The Morgan fingerprint density at radius 1 is 1.53 bits per heavy atom. The average Bonchev–Trinajstić information content (AvgIpc) is 2.44. The van der Waals surface area contributed by atoms with Crippen molar-refractivity contribution in [2.45, 2.75) is 13.3 Å². The summed E-state index contributed by atoms with van der Waals surface area (Å²) in [6.07, 6.45) is 4.91. The lowest BCUT2D eigenvalue weighted by Crippen LogP contribution is -2.33. The van der Waals surface area contributed by atoms with Gasteiger partial charge in [-0.05, 0) is 19.1 Å². The second kappa shape index (κ2) is 8.02. The smallest absolute Gasteiger partial charge is 0.307 e. The Morgan fingerprint density at radius 2 is 2.32 bits per heavy atom. The fraction of sp³-hybridized carbons (Fsp3) is 0.357. The van der Waals surface area contributed by atoms with Gasteiger partial charge >= 0.3 is 5.97 Å². The van der Waals surface area contributed by atoms with Gasteiger partial charge in [0.15, 0.2) is 0 Å². The summed E-state index contributed by atoms with van der Waals surface area (Å²) in [4.78, 5) is 29.0. The van der Waals surface area contributed by atoms with Crippen LogP contribution in [0.2, 0.25) is 0 Å². The molecule has 0 aliphatic carbocycles. The van der Waals surface area contributed by atoms with Crippen molar-refractivity contribution in [3.8, 4) is 0 Å². The van der Waals surface area contributed by atoms with Gasteiger partial charge in [0, 0.05) is 25.5 Å². The van der Waals surface area contributed by atoms with Gasteiger partial charge in [-0.15, -0.1) is 6.58 Å². The predicted molar refractivity (Wildman–Crippen MR) is 71.6 cm³/mol. The highest BCUT2D eigenvalue weighted by atomic mass is 16.5. The van der Waals surface area contributed by atoms with Crippen LogP contribution in [0.4, 0.5) is 0 Å². The Labute approximate surface area is 112 Å². The van der Waals surface area contributed by atoms with Crippen LogP contribution in [0.25, 0.3) is 0 Å².